The Morgan fingerprint density at radius 1 is 1.32 bits per heavy atom. The van der Waals surface area contributed by atoms with Crippen molar-refractivity contribution in [2.75, 3.05) is 18.2 Å². The predicted molar refractivity (Wildman–Crippen MR) is 110 cm³/mol. The molecule has 146 valence electrons. The van der Waals surface area contributed by atoms with Crippen LogP contribution < -0.4 is 10.1 Å². The van der Waals surface area contributed by atoms with Crippen LogP contribution in [0.2, 0.25) is 0 Å². The molecular formula is C20H24N6OS. The third-order valence-electron chi connectivity index (χ3n) is 4.91. The van der Waals surface area contributed by atoms with Crippen LogP contribution in [0, 0.1) is 12.8 Å². The van der Waals surface area contributed by atoms with E-state index in [9.17, 15) is 0 Å². The molecule has 0 radical (unpaired) electrons. The first-order valence-electron chi connectivity index (χ1n) is 9.31. The largest absolute Gasteiger partial charge is 0.463 e. The summed E-state index contributed by atoms with van der Waals surface area (Å²) in [5.41, 5.74) is 3.27. The Balaban J connectivity index is 1.41. The molecule has 0 amide bonds. The Hall–Kier alpha value is -2.61. The van der Waals surface area contributed by atoms with Crippen LogP contribution >= 0.6 is 11.8 Å². The van der Waals surface area contributed by atoms with E-state index in [1.165, 1.54) is 0 Å². The Labute approximate surface area is 169 Å². The van der Waals surface area contributed by atoms with Crippen molar-refractivity contribution >= 4 is 17.6 Å². The van der Waals surface area contributed by atoms with Gasteiger partial charge in [0.15, 0.2) is 0 Å². The zero-order valence-corrected chi connectivity index (χ0v) is 17.1. The summed E-state index contributed by atoms with van der Waals surface area (Å²) < 4.78 is 7.75. The van der Waals surface area contributed by atoms with Crippen LogP contribution in [-0.4, -0.2) is 37.6 Å². The summed E-state index contributed by atoms with van der Waals surface area (Å²) in [5.74, 6) is 1.76. The van der Waals surface area contributed by atoms with Crippen LogP contribution in [0.5, 0.6) is 6.01 Å². The molecule has 3 aromatic heterocycles. The normalized spacial score (nSPS) is 18.1. The smallest absolute Gasteiger partial charge is 0.319 e. The lowest BCUT2D eigenvalue weighted by molar-refractivity contribution is 0.271. The van der Waals surface area contributed by atoms with E-state index < -0.39 is 0 Å². The fraction of sp³-hybridized carbons (Fsp3) is 0.400. The van der Waals surface area contributed by atoms with Crippen molar-refractivity contribution in [3.63, 3.8) is 0 Å². The highest BCUT2D eigenvalue weighted by Crippen LogP contribution is 2.46. The van der Waals surface area contributed by atoms with Crippen molar-refractivity contribution in [1.29, 1.82) is 0 Å². The highest BCUT2D eigenvalue weighted by molar-refractivity contribution is 7.98. The van der Waals surface area contributed by atoms with Gasteiger partial charge >= 0.3 is 6.01 Å². The highest BCUT2D eigenvalue weighted by Gasteiger charge is 2.40. The molecule has 1 aliphatic rings. The minimum Gasteiger partial charge on any atom is -0.463 e. The van der Waals surface area contributed by atoms with Crippen molar-refractivity contribution < 1.29 is 4.74 Å². The minimum atomic E-state index is 0.426. The molecule has 2 unspecified atom stereocenters. The molecule has 0 aromatic carbocycles. The van der Waals surface area contributed by atoms with Crippen molar-refractivity contribution in [2.24, 2.45) is 13.0 Å². The second-order valence-corrected chi connectivity index (χ2v) is 7.83. The average molecular weight is 397 g/mol. The summed E-state index contributed by atoms with van der Waals surface area (Å²) in [6, 6.07) is 6.49. The summed E-state index contributed by atoms with van der Waals surface area (Å²) in [6.45, 7) is 3.29. The molecule has 0 saturated heterocycles. The van der Waals surface area contributed by atoms with E-state index in [2.05, 4.69) is 31.4 Å². The molecule has 3 aromatic rings. The molecule has 8 heteroatoms. The topological polar surface area (TPSA) is 77.8 Å². The Bertz CT molecular complexity index is 945. The fourth-order valence-corrected chi connectivity index (χ4v) is 3.80. The van der Waals surface area contributed by atoms with Crippen LogP contribution in [0.1, 0.15) is 29.2 Å². The molecule has 4 rings (SSSR count). The molecular weight excluding hydrogens is 372 g/mol. The zero-order valence-electron chi connectivity index (χ0n) is 16.3. The van der Waals surface area contributed by atoms with E-state index in [1.807, 2.05) is 51.0 Å². The molecule has 7 nitrogen and oxygen atoms in total. The summed E-state index contributed by atoms with van der Waals surface area (Å²) in [7, 11) is 1.91. The van der Waals surface area contributed by atoms with Gasteiger partial charge in [0, 0.05) is 54.6 Å². The van der Waals surface area contributed by atoms with Crippen LogP contribution in [0.25, 0.3) is 0 Å². The van der Waals surface area contributed by atoms with Crippen LogP contribution in [-0.2, 0) is 13.6 Å². The number of nitrogens with one attached hydrogen (secondary N) is 1. The second kappa shape index (κ2) is 8.18. The maximum atomic E-state index is 5.96. The van der Waals surface area contributed by atoms with Crippen LogP contribution in [0.4, 0.5) is 5.82 Å². The van der Waals surface area contributed by atoms with Gasteiger partial charge in [-0.1, -0.05) is 6.07 Å². The Morgan fingerprint density at radius 3 is 2.93 bits per heavy atom. The number of hydrogen-bond donors (Lipinski definition) is 1. The van der Waals surface area contributed by atoms with Crippen molar-refractivity contribution in [3.8, 4) is 6.01 Å². The Kier molecular flexibility index (Phi) is 5.47. The van der Waals surface area contributed by atoms with E-state index in [4.69, 9.17) is 4.74 Å². The lowest BCUT2D eigenvalue weighted by Gasteiger charge is -2.13. The molecule has 0 spiro atoms. The maximum Gasteiger partial charge on any atom is 0.319 e. The number of hydrogen-bond acceptors (Lipinski definition) is 7. The van der Waals surface area contributed by atoms with E-state index >= 15 is 0 Å². The zero-order chi connectivity index (χ0) is 19.5. The predicted octanol–water partition coefficient (Wildman–Crippen LogP) is 3.43. The van der Waals surface area contributed by atoms with E-state index in [0.29, 0.717) is 31.0 Å². The molecule has 1 N–H and O–H groups in total. The van der Waals surface area contributed by atoms with Gasteiger partial charge < -0.3 is 10.1 Å². The van der Waals surface area contributed by atoms with Gasteiger partial charge in [-0.15, -0.1) is 11.8 Å². The van der Waals surface area contributed by atoms with Crippen molar-refractivity contribution in [3.05, 3.63) is 53.6 Å². The first kappa shape index (κ1) is 18.7. The van der Waals surface area contributed by atoms with Crippen LogP contribution in [0.3, 0.4) is 0 Å². The number of ether oxygens (including phenoxy) is 1. The standard InChI is InChI=1S/C20H24N6OS/c1-13-18(22-9-14-10-23-26(2)11-14)24-20(25-19(13)28-3)27-12-15-8-16(15)17-6-4-5-7-21-17/h4-7,10-11,15-16H,8-9,12H2,1-3H3,(H,22,24,25). The first-order chi connectivity index (χ1) is 13.6. The van der Waals surface area contributed by atoms with Gasteiger partial charge in [-0.25, -0.2) is 0 Å². The van der Waals surface area contributed by atoms with Gasteiger partial charge in [-0.05, 0) is 31.7 Å². The van der Waals surface area contributed by atoms with E-state index in [-0.39, 0.29) is 0 Å². The lowest BCUT2D eigenvalue weighted by Crippen LogP contribution is -2.09. The summed E-state index contributed by atoms with van der Waals surface area (Å²) >= 11 is 1.60. The molecule has 3 heterocycles. The third-order valence-corrected chi connectivity index (χ3v) is 5.69. The molecule has 0 bridgehead atoms. The average Bonchev–Trinajstić information content (AvgIpc) is 3.39. The minimum absolute atomic E-state index is 0.426. The van der Waals surface area contributed by atoms with Gasteiger partial charge in [0.05, 0.1) is 12.8 Å². The lowest BCUT2D eigenvalue weighted by atomic mass is 10.2. The van der Waals surface area contributed by atoms with Gasteiger partial charge in [0.25, 0.3) is 0 Å². The van der Waals surface area contributed by atoms with E-state index in [1.54, 1.807) is 16.4 Å². The van der Waals surface area contributed by atoms with Crippen molar-refractivity contribution in [1.82, 2.24) is 24.7 Å². The number of nitrogens with zero attached hydrogens (tertiary/aromatic N) is 5. The van der Waals surface area contributed by atoms with Gasteiger partial charge in [0.1, 0.15) is 10.8 Å². The summed E-state index contributed by atoms with van der Waals surface area (Å²) in [5, 5.41) is 8.51. The highest BCUT2D eigenvalue weighted by atomic mass is 32.2. The number of thioether (sulfide) groups is 1. The number of pyridine rings is 1. The summed E-state index contributed by atoms with van der Waals surface area (Å²) in [6.07, 6.45) is 8.80. The molecule has 1 saturated carbocycles. The van der Waals surface area contributed by atoms with Crippen LogP contribution in [0.15, 0.2) is 41.8 Å². The maximum absolute atomic E-state index is 5.96. The van der Waals surface area contributed by atoms with Gasteiger partial charge in [-0.3, -0.25) is 9.67 Å². The molecule has 1 aliphatic carbocycles. The first-order valence-corrected chi connectivity index (χ1v) is 10.5. The number of anilines is 1. The van der Waals surface area contributed by atoms with Gasteiger partial charge in [0.2, 0.25) is 0 Å². The van der Waals surface area contributed by atoms with Gasteiger partial charge in [-0.2, -0.15) is 15.1 Å². The van der Waals surface area contributed by atoms with Crippen molar-refractivity contribution in [2.45, 2.75) is 30.8 Å². The van der Waals surface area contributed by atoms with E-state index in [0.717, 1.165) is 34.1 Å². The number of aryl methyl sites for hydroxylation is 1. The summed E-state index contributed by atoms with van der Waals surface area (Å²) in [4.78, 5) is 13.6. The molecule has 2 atom stereocenters. The fourth-order valence-electron chi connectivity index (χ4n) is 3.23. The second-order valence-electron chi connectivity index (χ2n) is 7.03. The quantitative estimate of drug-likeness (QED) is 0.462. The SMILES string of the molecule is CSc1nc(OCC2CC2c2ccccn2)nc(NCc2cnn(C)c2)c1C. The Morgan fingerprint density at radius 2 is 2.21 bits per heavy atom. The number of rotatable bonds is 8. The number of aromatic nitrogens is 5. The monoisotopic (exact) mass is 396 g/mol. The third kappa shape index (κ3) is 4.27. The molecule has 0 aliphatic heterocycles. The molecule has 1 fully saturated rings. The molecule has 28 heavy (non-hydrogen) atoms.